The second-order valence-electron chi connectivity index (χ2n) is 8.01. The number of nitrogens with zero attached hydrogens (tertiary/aromatic N) is 1. The molecule has 1 unspecified atom stereocenters. The van der Waals surface area contributed by atoms with Gasteiger partial charge in [0.15, 0.2) is 0 Å². The van der Waals surface area contributed by atoms with Crippen molar-refractivity contribution in [1.82, 2.24) is 5.32 Å². The number of anilines is 1. The van der Waals surface area contributed by atoms with Crippen molar-refractivity contribution < 1.29 is 22.7 Å². The van der Waals surface area contributed by atoms with Gasteiger partial charge < -0.3 is 14.8 Å². The highest BCUT2D eigenvalue weighted by Gasteiger charge is 2.28. The Balaban J connectivity index is 1.86. The van der Waals surface area contributed by atoms with Crippen LogP contribution >= 0.6 is 0 Å². The molecular formula is C27H32N2O5S. The zero-order valence-corrected chi connectivity index (χ0v) is 21.3. The zero-order chi connectivity index (χ0) is 25.4. The molecule has 0 aliphatic carbocycles. The lowest BCUT2D eigenvalue weighted by atomic mass is 10.0. The van der Waals surface area contributed by atoms with Crippen molar-refractivity contribution in [2.24, 2.45) is 0 Å². The third kappa shape index (κ3) is 6.33. The molecule has 0 saturated carbocycles. The van der Waals surface area contributed by atoms with Crippen LogP contribution in [-0.4, -0.2) is 34.6 Å². The summed E-state index contributed by atoms with van der Waals surface area (Å²) < 4.78 is 39.0. The lowest BCUT2D eigenvalue weighted by Crippen LogP contribution is -2.42. The molecule has 3 rings (SSSR count). The number of hydrogen-bond donors (Lipinski definition) is 1. The minimum Gasteiger partial charge on any atom is -0.496 e. The normalized spacial score (nSPS) is 12.0. The Morgan fingerprint density at radius 2 is 1.69 bits per heavy atom. The number of carbonyl (C=O) groups is 1. The topological polar surface area (TPSA) is 84.9 Å². The van der Waals surface area contributed by atoms with Crippen molar-refractivity contribution >= 4 is 21.6 Å². The maximum atomic E-state index is 13.6. The van der Waals surface area contributed by atoms with Crippen molar-refractivity contribution in [3.63, 3.8) is 0 Å². The van der Waals surface area contributed by atoms with Gasteiger partial charge >= 0.3 is 0 Å². The molecule has 1 N–H and O–H groups in total. The largest absolute Gasteiger partial charge is 0.496 e. The van der Waals surface area contributed by atoms with Crippen LogP contribution in [0, 0.1) is 6.92 Å². The smallest absolute Gasteiger partial charge is 0.264 e. The van der Waals surface area contributed by atoms with E-state index in [4.69, 9.17) is 9.47 Å². The van der Waals surface area contributed by atoms with Gasteiger partial charge in [0.05, 0.1) is 30.3 Å². The maximum absolute atomic E-state index is 13.6. The highest BCUT2D eigenvalue weighted by Crippen LogP contribution is 2.27. The Hall–Kier alpha value is -3.52. The molecule has 0 bridgehead atoms. The van der Waals surface area contributed by atoms with Crippen LogP contribution in [0.25, 0.3) is 0 Å². The van der Waals surface area contributed by atoms with E-state index in [0.717, 1.165) is 21.2 Å². The van der Waals surface area contributed by atoms with E-state index < -0.39 is 15.9 Å². The number of sulfonamides is 1. The molecular weight excluding hydrogens is 464 g/mol. The fraction of sp³-hybridized carbons (Fsp3) is 0.296. The minimum absolute atomic E-state index is 0.0791. The lowest BCUT2D eigenvalue weighted by Gasteiger charge is -2.26. The minimum atomic E-state index is -4.00. The first-order chi connectivity index (χ1) is 16.8. The number of carbonyl (C=O) groups excluding carboxylic acids is 1. The summed E-state index contributed by atoms with van der Waals surface area (Å²) in [4.78, 5) is 13.2. The van der Waals surface area contributed by atoms with Gasteiger partial charge in [0.25, 0.3) is 10.0 Å². The summed E-state index contributed by atoms with van der Waals surface area (Å²) >= 11 is 0. The molecule has 1 atom stereocenters. The molecule has 0 saturated heterocycles. The Bertz CT molecular complexity index is 1230. The van der Waals surface area contributed by atoms with E-state index in [-0.39, 0.29) is 17.5 Å². The van der Waals surface area contributed by atoms with E-state index in [9.17, 15) is 13.2 Å². The highest BCUT2D eigenvalue weighted by molar-refractivity contribution is 7.92. The number of ether oxygens (including phenoxy) is 2. The predicted molar refractivity (Wildman–Crippen MR) is 137 cm³/mol. The number of nitrogens with one attached hydrogen (secondary N) is 1. The molecule has 0 aliphatic heterocycles. The SMILES string of the molecule is CCOc1ccc(S(=O)(=O)N(CC(=O)NC(CC)c2ccc(OC)c(C)c2)c2ccccc2)cc1. The van der Waals surface area contributed by atoms with Gasteiger partial charge in [-0.1, -0.05) is 37.3 Å². The van der Waals surface area contributed by atoms with E-state index in [1.807, 2.05) is 39.0 Å². The van der Waals surface area contributed by atoms with Crippen LogP contribution in [0.15, 0.2) is 77.7 Å². The van der Waals surface area contributed by atoms with Crippen molar-refractivity contribution in [1.29, 1.82) is 0 Å². The van der Waals surface area contributed by atoms with Gasteiger partial charge in [-0.3, -0.25) is 9.10 Å². The van der Waals surface area contributed by atoms with Gasteiger partial charge in [-0.15, -0.1) is 0 Å². The third-order valence-corrected chi connectivity index (χ3v) is 7.41. The monoisotopic (exact) mass is 496 g/mol. The molecule has 1 amide bonds. The summed E-state index contributed by atoms with van der Waals surface area (Å²) in [5.74, 6) is 0.950. The molecule has 0 aromatic heterocycles. The van der Waals surface area contributed by atoms with Crippen LogP contribution in [-0.2, 0) is 14.8 Å². The number of benzene rings is 3. The van der Waals surface area contributed by atoms with Crippen molar-refractivity contribution in [3.8, 4) is 11.5 Å². The Morgan fingerprint density at radius 3 is 2.26 bits per heavy atom. The first-order valence-electron chi connectivity index (χ1n) is 11.5. The number of amides is 1. The Labute approximate surface area is 207 Å². The summed E-state index contributed by atoms with van der Waals surface area (Å²) in [6.07, 6.45) is 0.647. The second kappa shape index (κ2) is 11.8. The average molecular weight is 497 g/mol. The van der Waals surface area contributed by atoms with Gasteiger partial charge in [-0.05, 0) is 73.9 Å². The zero-order valence-electron chi connectivity index (χ0n) is 20.5. The van der Waals surface area contributed by atoms with Crippen LogP contribution in [0.2, 0.25) is 0 Å². The van der Waals surface area contributed by atoms with Crippen LogP contribution in [0.1, 0.15) is 37.4 Å². The van der Waals surface area contributed by atoms with Crippen LogP contribution in [0.3, 0.4) is 0 Å². The fourth-order valence-corrected chi connectivity index (χ4v) is 5.24. The molecule has 8 heteroatoms. The standard InChI is InChI=1S/C27H32N2O5S/c1-5-25(21-12-17-26(33-4)20(3)18-21)28-27(30)19-29(22-10-8-7-9-11-22)35(31,32)24-15-13-23(14-16-24)34-6-2/h7-18,25H,5-6,19H2,1-4H3,(H,28,30). The van der Waals surface area contributed by atoms with Gasteiger partial charge in [0, 0.05) is 0 Å². The summed E-state index contributed by atoms with van der Waals surface area (Å²) in [6, 6.07) is 20.3. The molecule has 186 valence electrons. The van der Waals surface area contributed by atoms with E-state index in [2.05, 4.69) is 5.32 Å². The van der Waals surface area contributed by atoms with E-state index in [0.29, 0.717) is 24.5 Å². The summed E-state index contributed by atoms with van der Waals surface area (Å²) in [7, 11) is -2.39. The molecule has 3 aromatic rings. The predicted octanol–water partition coefficient (Wildman–Crippen LogP) is 4.87. The van der Waals surface area contributed by atoms with Crippen LogP contribution < -0.4 is 19.1 Å². The molecule has 0 radical (unpaired) electrons. The molecule has 35 heavy (non-hydrogen) atoms. The van der Waals surface area contributed by atoms with E-state index >= 15 is 0 Å². The van der Waals surface area contributed by atoms with Gasteiger partial charge in [-0.2, -0.15) is 0 Å². The molecule has 3 aromatic carbocycles. The number of hydrogen-bond acceptors (Lipinski definition) is 5. The summed E-state index contributed by atoms with van der Waals surface area (Å²) in [5, 5.41) is 2.99. The van der Waals surface area contributed by atoms with Crippen LogP contribution in [0.5, 0.6) is 11.5 Å². The number of rotatable bonds is 11. The molecule has 0 spiro atoms. The molecule has 0 aliphatic rings. The maximum Gasteiger partial charge on any atom is 0.264 e. The first-order valence-corrected chi connectivity index (χ1v) is 13.0. The fourth-order valence-electron chi connectivity index (χ4n) is 3.82. The number of methoxy groups -OCH3 is 1. The van der Waals surface area contributed by atoms with Crippen molar-refractivity contribution in [2.75, 3.05) is 24.6 Å². The average Bonchev–Trinajstić information content (AvgIpc) is 2.86. The number of aryl methyl sites for hydroxylation is 1. The van der Waals surface area contributed by atoms with Crippen molar-refractivity contribution in [3.05, 3.63) is 83.9 Å². The van der Waals surface area contributed by atoms with E-state index in [1.165, 1.54) is 12.1 Å². The third-order valence-electron chi connectivity index (χ3n) is 5.62. The quantitative estimate of drug-likeness (QED) is 0.410. The number of para-hydroxylation sites is 1. The molecule has 7 nitrogen and oxygen atoms in total. The summed E-state index contributed by atoms with van der Waals surface area (Å²) in [5.41, 5.74) is 2.30. The molecule has 0 heterocycles. The van der Waals surface area contributed by atoms with E-state index in [1.54, 1.807) is 49.6 Å². The van der Waals surface area contributed by atoms with Gasteiger partial charge in [0.2, 0.25) is 5.91 Å². The van der Waals surface area contributed by atoms with Crippen molar-refractivity contribution in [2.45, 2.75) is 38.1 Å². The van der Waals surface area contributed by atoms with Gasteiger partial charge in [-0.25, -0.2) is 8.42 Å². The highest BCUT2D eigenvalue weighted by atomic mass is 32.2. The summed E-state index contributed by atoms with van der Waals surface area (Å²) in [6.45, 7) is 5.89. The Morgan fingerprint density at radius 1 is 1.00 bits per heavy atom. The Kier molecular flexibility index (Phi) is 8.76. The molecule has 0 fully saturated rings. The lowest BCUT2D eigenvalue weighted by molar-refractivity contribution is -0.120. The first kappa shape index (κ1) is 26.1. The second-order valence-corrected chi connectivity index (χ2v) is 9.87. The van der Waals surface area contributed by atoms with Gasteiger partial charge in [0.1, 0.15) is 18.0 Å². The van der Waals surface area contributed by atoms with Crippen LogP contribution in [0.4, 0.5) is 5.69 Å².